The van der Waals surface area contributed by atoms with Gasteiger partial charge in [-0.05, 0) is 107 Å². The van der Waals surface area contributed by atoms with Gasteiger partial charge >= 0.3 is 0 Å². The average molecular weight is 822 g/mol. The van der Waals surface area contributed by atoms with Crippen LogP contribution >= 0.6 is 0 Å². The third-order valence-corrected chi connectivity index (χ3v) is 11.8. The molecule has 11 rings (SSSR count). The standard InChI is InChI=1S/C60H43N3O/c1-6-20-44(21-7-1)45-34-36-50(37-35-45)63-57-42-51(61(48-26-12-4-13-27-48)55-32-18-16-30-53(55)46-22-8-2-9-23-46)38-40-59(57)64-60-41-39-52(43-58(60)63)62(49-28-14-5-15-29-49)56-33-19-17-31-54(56)47-24-10-3-11-25-47/h1-43H. The molecule has 10 aromatic rings. The monoisotopic (exact) mass is 821 g/mol. The molecule has 4 nitrogen and oxygen atoms in total. The van der Waals surface area contributed by atoms with Gasteiger partial charge in [0.15, 0.2) is 11.5 Å². The van der Waals surface area contributed by atoms with Gasteiger partial charge in [0.2, 0.25) is 0 Å². The Morgan fingerprint density at radius 2 is 0.641 bits per heavy atom. The summed E-state index contributed by atoms with van der Waals surface area (Å²) < 4.78 is 6.92. The van der Waals surface area contributed by atoms with Crippen LogP contribution in [0.5, 0.6) is 11.5 Å². The third kappa shape index (κ3) is 7.33. The smallest absolute Gasteiger partial charge is 0.151 e. The molecule has 1 aliphatic rings. The lowest BCUT2D eigenvalue weighted by atomic mass is 10.0. The zero-order valence-electron chi connectivity index (χ0n) is 35.1. The molecule has 0 bridgehead atoms. The number of ether oxygens (including phenoxy) is 1. The Bertz CT molecular complexity index is 3000. The van der Waals surface area contributed by atoms with Gasteiger partial charge in [-0.15, -0.1) is 0 Å². The van der Waals surface area contributed by atoms with Gasteiger partial charge in [-0.3, -0.25) is 0 Å². The van der Waals surface area contributed by atoms with Gasteiger partial charge in [0, 0.05) is 39.6 Å². The maximum absolute atomic E-state index is 6.92. The molecule has 0 unspecified atom stereocenters. The van der Waals surface area contributed by atoms with Crippen LogP contribution in [-0.4, -0.2) is 0 Å². The van der Waals surface area contributed by atoms with Crippen LogP contribution in [0.2, 0.25) is 0 Å². The van der Waals surface area contributed by atoms with Crippen LogP contribution in [0.1, 0.15) is 0 Å². The zero-order chi connectivity index (χ0) is 42.7. The minimum absolute atomic E-state index is 0.773. The van der Waals surface area contributed by atoms with Gasteiger partial charge in [0.25, 0.3) is 0 Å². The van der Waals surface area contributed by atoms with Gasteiger partial charge in [-0.1, -0.05) is 176 Å². The molecule has 4 heteroatoms. The van der Waals surface area contributed by atoms with E-state index in [0.717, 1.165) is 90.5 Å². The van der Waals surface area contributed by atoms with Crippen LogP contribution in [0.4, 0.5) is 51.2 Å². The third-order valence-electron chi connectivity index (χ3n) is 11.8. The van der Waals surface area contributed by atoms with Gasteiger partial charge in [0.1, 0.15) is 0 Å². The summed E-state index contributed by atoms with van der Waals surface area (Å²) in [6.07, 6.45) is 0. The summed E-state index contributed by atoms with van der Waals surface area (Å²) in [5.41, 5.74) is 16.1. The fourth-order valence-corrected chi connectivity index (χ4v) is 8.84. The van der Waals surface area contributed by atoms with E-state index >= 15 is 0 Å². The minimum atomic E-state index is 0.773. The van der Waals surface area contributed by atoms with E-state index in [9.17, 15) is 0 Å². The molecule has 0 N–H and O–H groups in total. The molecule has 304 valence electrons. The van der Waals surface area contributed by atoms with E-state index in [-0.39, 0.29) is 0 Å². The molecule has 1 aliphatic heterocycles. The van der Waals surface area contributed by atoms with Crippen molar-refractivity contribution in [3.05, 3.63) is 261 Å². The van der Waals surface area contributed by atoms with Gasteiger partial charge in [0.05, 0.1) is 22.7 Å². The molecule has 0 radical (unpaired) electrons. The van der Waals surface area contributed by atoms with Gasteiger partial charge in [-0.2, -0.15) is 0 Å². The number of anilines is 9. The number of rotatable bonds is 10. The first-order valence-corrected chi connectivity index (χ1v) is 21.7. The van der Waals surface area contributed by atoms with E-state index in [1.807, 2.05) is 0 Å². The van der Waals surface area contributed by atoms with E-state index < -0.39 is 0 Å². The van der Waals surface area contributed by atoms with Crippen molar-refractivity contribution in [1.29, 1.82) is 0 Å². The SMILES string of the molecule is c1ccc(-c2ccc(N3c4cc(N(c5ccccc5)c5ccccc5-c5ccccc5)ccc4Oc4ccc(N(c5ccccc5)c5ccccc5-c5ccccc5)cc43)cc2)cc1. The van der Waals surface area contributed by atoms with Crippen molar-refractivity contribution in [3.8, 4) is 44.9 Å². The van der Waals surface area contributed by atoms with Crippen molar-refractivity contribution < 1.29 is 4.74 Å². The van der Waals surface area contributed by atoms with Crippen molar-refractivity contribution in [3.63, 3.8) is 0 Å². The van der Waals surface area contributed by atoms with Crippen molar-refractivity contribution in [2.24, 2.45) is 0 Å². The highest BCUT2D eigenvalue weighted by Gasteiger charge is 2.30. The molecule has 0 saturated carbocycles. The molecule has 1 heterocycles. The lowest BCUT2D eigenvalue weighted by Crippen LogP contribution is -2.18. The maximum Gasteiger partial charge on any atom is 0.151 e. The topological polar surface area (TPSA) is 19.0 Å². The molecule has 10 aromatic carbocycles. The Kier molecular flexibility index (Phi) is 10.2. The van der Waals surface area contributed by atoms with Crippen LogP contribution in [-0.2, 0) is 0 Å². The minimum Gasteiger partial charge on any atom is -0.453 e. The maximum atomic E-state index is 6.92. The van der Waals surface area contributed by atoms with Crippen molar-refractivity contribution in [2.75, 3.05) is 14.7 Å². The van der Waals surface area contributed by atoms with Crippen LogP contribution < -0.4 is 19.4 Å². The second kappa shape index (κ2) is 17.0. The highest BCUT2D eigenvalue weighted by atomic mass is 16.5. The summed E-state index contributed by atoms with van der Waals surface area (Å²) in [7, 11) is 0. The first-order chi connectivity index (χ1) is 31.8. The Morgan fingerprint density at radius 1 is 0.281 bits per heavy atom. The van der Waals surface area contributed by atoms with E-state index in [4.69, 9.17) is 4.74 Å². The van der Waals surface area contributed by atoms with Gasteiger partial charge in [-0.25, -0.2) is 0 Å². The lowest BCUT2D eigenvalue weighted by Gasteiger charge is -2.36. The number of fused-ring (bicyclic) bond motifs is 2. The molecule has 0 aliphatic carbocycles. The van der Waals surface area contributed by atoms with E-state index in [1.54, 1.807) is 0 Å². The second-order valence-corrected chi connectivity index (χ2v) is 15.8. The Balaban J connectivity index is 1.10. The summed E-state index contributed by atoms with van der Waals surface area (Å²) >= 11 is 0. The Hall–Kier alpha value is -8.60. The fraction of sp³-hybridized carbons (Fsp3) is 0. The molecular formula is C60H43N3O. The molecule has 0 fully saturated rings. The molecular weight excluding hydrogens is 779 g/mol. The quantitative estimate of drug-likeness (QED) is 0.137. The molecule has 0 saturated heterocycles. The fourth-order valence-electron chi connectivity index (χ4n) is 8.84. The highest BCUT2D eigenvalue weighted by Crippen LogP contribution is 2.55. The van der Waals surface area contributed by atoms with E-state index in [0.29, 0.717) is 0 Å². The predicted octanol–water partition coefficient (Wildman–Crippen LogP) is 17.2. The van der Waals surface area contributed by atoms with Crippen LogP contribution in [0.3, 0.4) is 0 Å². The summed E-state index contributed by atoms with van der Waals surface area (Å²) in [6, 6.07) is 92.2. The van der Waals surface area contributed by atoms with E-state index in [2.05, 4.69) is 276 Å². The molecule has 0 spiro atoms. The van der Waals surface area contributed by atoms with Crippen LogP contribution in [0, 0.1) is 0 Å². The first kappa shape index (κ1) is 38.3. The lowest BCUT2D eigenvalue weighted by molar-refractivity contribution is 0.477. The van der Waals surface area contributed by atoms with Gasteiger partial charge < -0.3 is 19.4 Å². The second-order valence-electron chi connectivity index (χ2n) is 15.8. The molecule has 64 heavy (non-hydrogen) atoms. The highest BCUT2D eigenvalue weighted by molar-refractivity contribution is 5.95. The summed E-state index contributed by atoms with van der Waals surface area (Å²) in [5.74, 6) is 1.55. The Labute approximate surface area is 374 Å². The van der Waals surface area contributed by atoms with Crippen molar-refractivity contribution in [2.45, 2.75) is 0 Å². The number of hydrogen-bond donors (Lipinski definition) is 0. The number of nitrogens with zero attached hydrogens (tertiary/aromatic N) is 3. The number of para-hydroxylation sites is 4. The number of hydrogen-bond acceptors (Lipinski definition) is 4. The average Bonchev–Trinajstić information content (AvgIpc) is 3.38. The molecule has 0 atom stereocenters. The van der Waals surface area contributed by atoms with Crippen molar-refractivity contribution >= 4 is 51.2 Å². The number of benzene rings is 10. The van der Waals surface area contributed by atoms with Crippen molar-refractivity contribution in [1.82, 2.24) is 0 Å². The molecule has 0 amide bonds. The normalized spacial score (nSPS) is 11.5. The molecule has 0 aromatic heterocycles. The summed E-state index contributed by atoms with van der Waals surface area (Å²) in [6.45, 7) is 0. The largest absolute Gasteiger partial charge is 0.453 e. The van der Waals surface area contributed by atoms with E-state index in [1.165, 1.54) is 5.56 Å². The first-order valence-electron chi connectivity index (χ1n) is 21.7. The predicted molar refractivity (Wildman–Crippen MR) is 267 cm³/mol. The summed E-state index contributed by atoms with van der Waals surface area (Å²) in [5, 5.41) is 0. The summed E-state index contributed by atoms with van der Waals surface area (Å²) in [4.78, 5) is 7.06. The van der Waals surface area contributed by atoms with Crippen LogP contribution in [0.25, 0.3) is 33.4 Å². The van der Waals surface area contributed by atoms with Crippen LogP contribution in [0.15, 0.2) is 261 Å². The zero-order valence-corrected chi connectivity index (χ0v) is 35.1. The Morgan fingerprint density at radius 3 is 1.08 bits per heavy atom.